The zero-order valence-corrected chi connectivity index (χ0v) is 39.9. The lowest BCUT2D eigenvalue weighted by atomic mass is 9.96. The molecule has 2 saturated heterocycles. The molecule has 0 radical (unpaired) electrons. The maximum Gasteiger partial charge on any atom is 0.262 e. The van der Waals surface area contributed by atoms with Gasteiger partial charge in [-0.05, 0) is 59.2 Å². The highest BCUT2D eigenvalue weighted by molar-refractivity contribution is 6.35. The van der Waals surface area contributed by atoms with Crippen molar-refractivity contribution in [2.45, 2.75) is 38.6 Å². The predicted octanol–water partition coefficient (Wildman–Crippen LogP) is 5.27. The quantitative estimate of drug-likeness (QED) is 0.0634. The van der Waals surface area contributed by atoms with Gasteiger partial charge in [0.15, 0.2) is 5.82 Å². The van der Waals surface area contributed by atoms with Gasteiger partial charge in [0, 0.05) is 83.1 Å². The van der Waals surface area contributed by atoms with Gasteiger partial charge in [0.25, 0.3) is 11.8 Å². The highest BCUT2D eigenvalue weighted by Crippen LogP contribution is 2.42. The molecule has 20 heteroatoms. The third kappa shape index (κ3) is 11.3. The van der Waals surface area contributed by atoms with E-state index >= 15 is 4.39 Å². The molecule has 1 unspecified atom stereocenters. The first-order valence-corrected chi connectivity index (χ1v) is 23.9. The van der Waals surface area contributed by atoms with Crippen molar-refractivity contribution in [2.75, 3.05) is 109 Å². The Kier molecular flexibility index (Phi) is 16.2. The second-order valence-electron chi connectivity index (χ2n) is 17.1. The predicted molar refractivity (Wildman–Crippen MR) is 260 cm³/mol. The molecule has 2 fully saturated rings. The number of benzene rings is 4. The van der Waals surface area contributed by atoms with Gasteiger partial charge in [0.2, 0.25) is 23.7 Å². The topological polar surface area (TPSA) is 205 Å². The molecule has 1 aromatic heterocycles. The van der Waals surface area contributed by atoms with Crippen LogP contribution < -0.4 is 20.3 Å². The fraction of sp³-hybridized carbons (Fsp3) is 0.420. The smallest absolute Gasteiger partial charge is 0.262 e. The second-order valence-corrected chi connectivity index (χ2v) is 17.5. The Morgan fingerprint density at radius 2 is 1.59 bits per heavy atom. The first kappa shape index (κ1) is 49.7. The molecule has 4 aromatic carbocycles. The van der Waals surface area contributed by atoms with E-state index in [1.807, 2.05) is 36.1 Å². The van der Waals surface area contributed by atoms with Crippen LogP contribution in [0.25, 0.3) is 32.8 Å². The number of piperidine rings is 1. The Morgan fingerprint density at radius 1 is 0.871 bits per heavy atom. The molecule has 0 bridgehead atoms. The summed E-state index contributed by atoms with van der Waals surface area (Å²) in [4.78, 5) is 79.0. The van der Waals surface area contributed by atoms with Crippen LogP contribution in [-0.4, -0.2) is 164 Å². The van der Waals surface area contributed by atoms with Gasteiger partial charge in [-0.1, -0.05) is 42.8 Å². The maximum absolute atomic E-state index is 16.9. The first-order valence-electron chi connectivity index (χ1n) is 23.5. The average molecular weight is 983 g/mol. The number of aromatic nitrogens is 2. The summed E-state index contributed by atoms with van der Waals surface area (Å²) >= 11 is 6.87. The number of halogens is 2. The molecule has 0 aliphatic carbocycles. The SMILES string of the molecule is CCC(=O)N1CCN(c2nc(NCCC(=O)N(C)CCOCCOCCOCCOc3ccc4c(c3)C(=O)N(C3CCC(=O)NC3)C4=O)nc3c(F)c(-c4cc(O)cc5ccccc45)c(Cl)cc23)CC1. The summed E-state index contributed by atoms with van der Waals surface area (Å²) in [6, 6.07) is 16.5. The molecule has 70 heavy (non-hydrogen) atoms. The number of carbonyl (C=O) groups excluding carboxylic acids is 5. The number of carbonyl (C=O) groups is 5. The number of hydrogen-bond donors (Lipinski definition) is 3. The fourth-order valence-corrected chi connectivity index (χ4v) is 9.09. The van der Waals surface area contributed by atoms with Crippen LogP contribution in [0.1, 0.15) is 53.3 Å². The third-order valence-electron chi connectivity index (χ3n) is 12.6. The van der Waals surface area contributed by atoms with Gasteiger partial charge < -0.3 is 49.4 Å². The number of likely N-dealkylation sites (N-methyl/N-ethyl adjacent to an activating group) is 1. The highest BCUT2D eigenvalue weighted by Gasteiger charge is 2.41. The largest absolute Gasteiger partial charge is 0.508 e. The van der Waals surface area contributed by atoms with Crippen LogP contribution in [0, 0.1) is 5.82 Å². The van der Waals surface area contributed by atoms with Gasteiger partial charge in [-0.2, -0.15) is 4.98 Å². The van der Waals surface area contributed by atoms with Gasteiger partial charge in [-0.15, -0.1) is 0 Å². The number of phenolic OH excluding ortho intramolecular Hbond substituents is 1. The van der Waals surface area contributed by atoms with Crippen LogP contribution >= 0.6 is 11.6 Å². The molecule has 0 spiro atoms. The van der Waals surface area contributed by atoms with E-state index in [-0.39, 0.29) is 102 Å². The molecule has 5 aromatic rings. The molecule has 4 heterocycles. The summed E-state index contributed by atoms with van der Waals surface area (Å²) in [5, 5.41) is 18.4. The van der Waals surface area contributed by atoms with Gasteiger partial charge in [0.1, 0.15) is 29.4 Å². The minimum absolute atomic E-state index is 0.0172. The summed E-state index contributed by atoms with van der Waals surface area (Å²) in [5.41, 5.74) is 1.11. The van der Waals surface area contributed by atoms with Crippen molar-refractivity contribution >= 4 is 74.6 Å². The molecule has 0 saturated carbocycles. The Balaban J connectivity index is 0.761. The van der Waals surface area contributed by atoms with Gasteiger partial charge in [-0.25, -0.2) is 9.37 Å². The van der Waals surface area contributed by atoms with E-state index in [1.165, 1.54) is 11.0 Å². The molecule has 18 nitrogen and oxygen atoms in total. The first-order chi connectivity index (χ1) is 33.9. The monoisotopic (exact) mass is 982 g/mol. The molecular weight excluding hydrogens is 927 g/mol. The molecule has 8 rings (SSSR count). The summed E-state index contributed by atoms with van der Waals surface area (Å²) < 4.78 is 39.6. The van der Waals surface area contributed by atoms with E-state index in [4.69, 9.17) is 35.5 Å². The molecule has 1 atom stereocenters. The number of fused-ring (bicyclic) bond motifs is 3. The van der Waals surface area contributed by atoms with Crippen molar-refractivity contribution in [3.8, 4) is 22.6 Å². The number of imide groups is 1. The lowest BCUT2D eigenvalue weighted by molar-refractivity contribution is -0.131. The summed E-state index contributed by atoms with van der Waals surface area (Å²) in [5.74, 6) is -0.661. The Labute approximate surface area is 408 Å². The standard InChI is InChI=1S/C50H56ClFN8O10/c1-3-42(63)58-14-16-59(17-15-58)47-39-29-40(51)44(37-27-33(61)26-31-6-4-5-7-35(31)37)45(52)46(39)55-50(56-47)53-13-12-43(64)57(2)18-19-67-20-21-68-22-23-69-24-25-70-34-9-10-36-38(28-34)49(66)60(48(36)65)32-8-11-41(62)54-30-32/h4-7,9-10,26-29,32,61H,3,8,11-25,30H2,1-2H3,(H,54,62)(H,53,55,56). The lowest BCUT2D eigenvalue weighted by Gasteiger charge is -2.36. The van der Waals surface area contributed by atoms with E-state index in [2.05, 4.69) is 15.6 Å². The molecule has 3 N–H and O–H groups in total. The minimum atomic E-state index is -0.683. The zero-order chi connectivity index (χ0) is 49.3. The van der Waals surface area contributed by atoms with Crippen LogP contribution in [0.3, 0.4) is 0 Å². The van der Waals surface area contributed by atoms with Gasteiger partial charge in [-0.3, -0.25) is 28.9 Å². The van der Waals surface area contributed by atoms with Crippen molar-refractivity contribution in [3.63, 3.8) is 0 Å². The maximum atomic E-state index is 16.9. The fourth-order valence-electron chi connectivity index (χ4n) is 8.80. The van der Waals surface area contributed by atoms with Crippen LogP contribution in [0.4, 0.5) is 16.2 Å². The zero-order valence-electron chi connectivity index (χ0n) is 39.1. The number of nitrogens with zero attached hydrogens (tertiary/aromatic N) is 6. The van der Waals surface area contributed by atoms with Crippen LogP contribution in [0.5, 0.6) is 11.5 Å². The Bertz CT molecular complexity index is 2760. The molecule has 370 valence electrons. The average Bonchev–Trinajstić information content (AvgIpc) is 3.61. The number of rotatable bonds is 21. The van der Waals surface area contributed by atoms with E-state index in [9.17, 15) is 29.1 Å². The van der Waals surface area contributed by atoms with E-state index in [0.717, 1.165) is 0 Å². The Morgan fingerprint density at radius 3 is 2.31 bits per heavy atom. The van der Waals surface area contributed by atoms with Gasteiger partial charge >= 0.3 is 0 Å². The third-order valence-corrected chi connectivity index (χ3v) is 12.9. The second kappa shape index (κ2) is 22.8. The number of hydrogen-bond acceptors (Lipinski definition) is 14. The minimum Gasteiger partial charge on any atom is -0.508 e. The summed E-state index contributed by atoms with van der Waals surface area (Å²) in [7, 11) is 1.68. The number of ether oxygens (including phenoxy) is 4. The lowest BCUT2D eigenvalue weighted by Crippen LogP contribution is -2.50. The van der Waals surface area contributed by atoms with Crippen LogP contribution in [0.15, 0.2) is 60.7 Å². The summed E-state index contributed by atoms with van der Waals surface area (Å²) in [6.45, 7) is 6.52. The summed E-state index contributed by atoms with van der Waals surface area (Å²) in [6.07, 6.45) is 1.19. The molecular formula is C50H56ClFN8O10. The van der Waals surface area contributed by atoms with Crippen LogP contribution in [0.2, 0.25) is 5.02 Å². The van der Waals surface area contributed by atoms with Crippen LogP contribution in [-0.2, 0) is 28.6 Å². The van der Waals surface area contributed by atoms with Crippen molar-refractivity contribution in [1.29, 1.82) is 0 Å². The van der Waals surface area contributed by atoms with E-state index in [1.54, 1.807) is 47.2 Å². The number of aromatic hydroxyl groups is 1. The number of amides is 5. The number of piperazine rings is 1. The van der Waals surface area contributed by atoms with Crippen molar-refractivity contribution in [3.05, 3.63) is 82.6 Å². The molecule has 5 amide bonds. The van der Waals surface area contributed by atoms with Crippen molar-refractivity contribution < 1.29 is 52.4 Å². The number of phenols is 1. The van der Waals surface area contributed by atoms with Crippen molar-refractivity contribution in [2.24, 2.45) is 0 Å². The number of anilines is 2. The van der Waals surface area contributed by atoms with Gasteiger partial charge in [0.05, 0.1) is 61.8 Å². The molecule has 3 aliphatic rings. The number of nitrogens with one attached hydrogen (secondary N) is 2. The molecule has 3 aliphatic heterocycles. The highest BCUT2D eigenvalue weighted by atomic mass is 35.5. The van der Waals surface area contributed by atoms with E-state index < -0.39 is 11.7 Å². The van der Waals surface area contributed by atoms with E-state index in [0.29, 0.717) is 117 Å². The Hall–Kier alpha value is -6.67. The normalized spacial score (nSPS) is 16.0. The van der Waals surface area contributed by atoms with Crippen molar-refractivity contribution in [1.82, 2.24) is 30.0 Å².